The normalized spacial score (nSPS) is 19.5. The van der Waals surface area contributed by atoms with Crippen LogP contribution in [0.5, 0.6) is 0 Å². The van der Waals surface area contributed by atoms with Crippen molar-refractivity contribution in [2.24, 2.45) is 0 Å². The van der Waals surface area contributed by atoms with Gasteiger partial charge in [0.15, 0.2) is 11.6 Å². The Hall–Kier alpha value is 0.400. The quantitative estimate of drug-likeness (QED) is 0.226. The molecule has 0 aromatic carbocycles. The summed E-state index contributed by atoms with van der Waals surface area (Å²) in [7, 11) is 0. The average Bonchev–Trinajstić information content (AvgIpc) is 3.31. The van der Waals surface area contributed by atoms with Gasteiger partial charge in [-0.1, -0.05) is 86.6 Å². The van der Waals surface area contributed by atoms with Crippen LogP contribution < -0.4 is 0 Å². The summed E-state index contributed by atoms with van der Waals surface area (Å²) < 4.78 is 5.15. The fourth-order valence-corrected chi connectivity index (χ4v) is 11.4. The molecule has 0 atom stereocenters. The zero-order valence-electron chi connectivity index (χ0n) is 16.1. The Morgan fingerprint density at radius 3 is 1.54 bits per heavy atom. The number of carbonyl (C=O) groups is 2. The summed E-state index contributed by atoms with van der Waals surface area (Å²) in [5, 5.41) is 0. The summed E-state index contributed by atoms with van der Waals surface area (Å²) in [6.45, 7) is 4.48. The summed E-state index contributed by atoms with van der Waals surface area (Å²) in [6, 6.07) is 0. The maximum absolute atomic E-state index is 12.1. The molecule has 0 saturated heterocycles. The summed E-state index contributed by atoms with van der Waals surface area (Å²) in [5.41, 5.74) is 0. The van der Waals surface area contributed by atoms with Gasteiger partial charge in [0.05, 0.1) is 26.8 Å². The van der Waals surface area contributed by atoms with Crippen LogP contribution in [0.4, 0.5) is 0 Å². The van der Waals surface area contributed by atoms with Crippen LogP contribution in [-0.4, -0.2) is 23.1 Å². The van der Waals surface area contributed by atoms with Crippen molar-refractivity contribution < 1.29 is 9.59 Å². The Kier molecular flexibility index (Phi) is 9.64. The number of ketones is 2. The van der Waals surface area contributed by atoms with Gasteiger partial charge >= 0.3 is 0 Å². The second-order valence-electron chi connectivity index (χ2n) is 6.39. The van der Waals surface area contributed by atoms with Crippen molar-refractivity contribution in [3.8, 4) is 0 Å². The summed E-state index contributed by atoms with van der Waals surface area (Å²) in [4.78, 5) is 25.5. The van der Waals surface area contributed by atoms with Gasteiger partial charge in [0, 0.05) is 0 Å². The van der Waals surface area contributed by atoms with Gasteiger partial charge in [0.25, 0.3) is 0 Å². The van der Waals surface area contributed by atoms with Crippen LogP contribution >= 0.6 is 70.6 Å². The Balaban J connectivity index is 1.67. The highest BCUT2D eigenvalue weighted by molar-refractivity contribution is 8.42. The lowest BCUT2D eigenvalue weighted by molar-refractivity contribution is -0.114. The molecule has 1 aliphatic carbocycles. The number of hydrogen-bond donors (Lipinski definition) is 0. The molecule has 0 unspecified atom stereocenters. The third-order valence-electron chi connectivity index (χ3n) is 4.10. The van der Waals surface area contributed by atoms with Crippen LogP contribution in [0.1, 0.15) is 52.4 Å². The third-order valence-corrected chi connectivity index (χ3v) is 12.9. The minimum absolute atomic E-state index is 0.0352. The van der Waals surface area contributed by atoms with Crippen molar-refractivity contribution in [3.63, 3.8) is 0 Å². The zero-order valence-corrected chi connectivity index (χ0v) is 21.0. The van der Waals surface area contributed by atoms with E-state index in [0.717, 1.165) is 15.7 Å². The van der Waals surface area contributed by atoms with Crippen LogP contribution in [0, 0.1) is 0 Å². The van der Waals surface area contributed by atoms with Crippen molar-refractivity contribution in [3.05, 3.63) is 38.9 Å². The van der Waals surface area contributed by atoms with Crippen molar-refractivity contribution in [2.45, 2.75) is 52.4 Å². The first kappa shape index (κ1) is 23.1. The first-order chi connectivity index (χ1) is 13.6. The van der Waals surface area contributed by atoms with Gasteiger partial charge in [-0.3, -0.25) is 9.59 Å². The molecule has 0 fully saturated rings. The van der Waals surface area contributed by atoms with E-state index in [4.69, 9.17) is 0 Å². The van der Waals surface area contributed by atoms with Crippen LogP contribution in [-0.2, 0) is 9.59 Å². The largest absolute Gasteiger partial charge is 0.289 e. The molecule has 0 spiro atoms. The molecule has 8 heteroatoms. The maximum Gasteiger partial charge on any atom is 0.193 e. The van der Waals surface area contributed by atoms with Gasteiger partial charge < -0.3 is 0 Å². The smallest absolute Gasteiger partial charge is 0.193 e. The highest BCUT2D eigenvalue weighted by Gasteiger charge is 2.35. The topological polar surface area (TPSA) is 34.1 Å². The van der Waals surface area contributed by atoms with E-state index in [-0.39, 0.29) is 11.6 Å². The lowest BCUT2D eigenvalue weighted by Gasteiger charge is -2.04. The fraction of sp³-hybridized carbons (Fsp3) is 0.500. The zero-order chi connectivity index (χ0) is 19.9. The SMILES string of the molecule is CCCCCSC1=C(SCCCCC)SC(=C2SC3=C(S2)C(=O)C=CC3=O)S1. The van der Waals surface area contributed by atoms with E-state index in [1.54, 1.807) is 0 Å². The molecule has 2 aliphatic heterocycles. The first-order valence-corrected chi connectivity index (χ1v) is 14.8. The Morgan fingerprint density at radius 2 is 1.11 bits per heavy atom. The molecular weight excluding hydrogens is 465 g/mol. The summed E-state index contributed by atoms with van der Waals surface area (Å²) >= 11 is 10.6. The number of hydrogen-bond acceptors (Lipinski definition) is 8. The van der Waals surface area contributed by atoms with Crippen molar-refractivity contribution in [2.75, 3.05) is 11.5 Å². The van der Waals surface area contributed by atoms with Gasteiger partial charge in [-0.15, -0.1) is 23.5 Å². The molecule has 2 heterocycles. The van der Waals surface area contributed by atoms with Crippen LogP contribution in [0.3, 0.4) is 0 Å². The van der Waals surface area contributed by atoms with Gasteiger partial charge in [-0.2, -0.15) is 0 Å². The molecule has 28 heavy (non-hydrogen) atoms. The molecule has 0 N–H and O–H groups in total. The molecule has 152 valence electrons. The van der Waals surface area contributed by atoms with E-state index in [9.17, 15) is 9.59 Å². The number of allylic oxidation sites excluding steroid dienone is 4. The van der Waals surface area contributed by atoms with E-state index in [1.807, 2.05) is 47.0 Å². The second kappa shape index (κ2) is 11.7. The van der Waals surface area contributed by atoms with Crippen molar-refractivity contribution in [1.29, 1.82) is 0 Å². The van der Waals surface area contributed by atoms with E-state index in [1.165, 1.54) is 86.9 Å². The molecule has 0 aromatic heterocycles. The number of unbranched alkanes of at least 4 members (excludes halogenated alkanes) is 4. The molecule has 2 nitrogen and oxygen atoms in total. The van der Waals surface area contributed by atoms with Crippen molar-refractivity contribution in [1.82, 2.24) is 0 Å². The average molecular weight is 489 g/mol. The van der Waals surface area contributed by atoms with Crippen LogP contribution in [0.15, 0.2) is 38.9 Å². The second-order valence-corrected chi connectivity index (χ2v) is 13.7. The van der Waals surface area contributed by atoms with Crippen molar-refractivity contribution >= 4 is 82.1 Å². The van der Waals surface area contributed by atoms with Gasteiger partial charge in [-0.25, -0.2) is 0 Å². The highest BCUT2D eigenvalue weighted by Crippen LogP contribution is 2.64. The lowest BCUT2D eigenvalue weighted by Crippen LogP contribution is -2.07. The van der Waals surface area contributed by atoms with Crippen LogP contribution in [0.25, 0.3) is 0 Å². The minimum Gasteiger partial charge on any atom is -0.289 e. The molecule has 0 aromatic rings. The van der Waals surface area contributed by atoms with Gasteiger partial charge in [-0.05, 0) is 36.5 Å². The molecule has 3 aliphatic rings. The summed E-state index contributed by atoms with van der Waals surface area (Å²) in [6.07, 6.45) is 10.4. The molecule has 0 amide bonds. The molecule has 3 rings (SSSR count). The van der Waals surface area contributed by atoms with E-state index < -0.39 is 0 Å². The standard InChI is InChI=1S/C20H24O2S6/c1-3-5-7-11-23-17-18(24-12-8-6-4-2)28-20(27-17)19-25-15-13(21)9-10-14(22)16(15)26-19/h9-10H,3-8,11-12H2,1-2H3. The van der Waals surface area contributed by atoms with E-state index in [0.29, 0.717) is 9.81 Å². The first-order valence-electron chi connectivity index (χ1n) is 9.60. The van der Waals surface area contributed by atoms with Gasteiger partial charge in [0.1, 0.15) is 0 Å². The maximum atomic E-state index is 12.1. The predicted molar refractivity (Wildman–Crippen MR) is 135 cm³/mol. The molecule has 0 saturated carbocycles. The Bertz CT molecular complexity index is 705. The highest BCUT2D eigenvalue weighted by atomic mass is 32.3. The number of thioether (sulfide) groups is 6. The Labute approximate surface area is 193 Å². The molecular formula is C20H24O2S6. The fourth-order valence-electron chi connectivity index (χ4n) is 2.58. The van der Waals surface area contributed by atoms with E-state index in [2.05, 4.69) is 13.8 Å². The van der Waals surface area contributed by atoms with Gasteiger partial charge in [0.2, 0.25) is 0 Å². The van der Waals surface area contributed by atoms with E-state index >= 15 is 0 Å². The predicted octanol–water partition coefficient (Wildman–Crippen LogP) is 7.97. The minimum atomic E-state index is -0.0352. The summed E-state index contributed by atoms with van der Waals surface area (Å²) in [5.74, 6) is 2.25. The third kappa shape index (κ3) is 5.97. The number of rotatable bonds is 10. The monoisotopic (exact) mass is 488 g/mol. The Morgan fingerprint density at radius 1 is 0.679 bits per heavy atom. The molecule has 0 radical (unpaired) electrons. The number of carbonyl (C=O) groups excluding carboxylic acids is 2. The molecule has 0 bridgehead atoms. The lowest BCUT2D eigenvalue weighted by atomic mass is 10.2. The van der Waals surface area contributed by atoms with Crippen LogP contribution in [0.2, 0.25) is 0 Å².